The first-order chi connectivity index (χ1) is 16.3. The topological polar surface area (TPSA) is 85.5 Å². The van der Waals surface area contributed by atoms with Crippen LogP contribution in [0.2, 0.25) is 0 Å². The summed E-state index contributed by atoms with van der Waals surface area (Å²) < 4.78 is 1.64. The minimum absolute atomic E-state index is 0.221. The van der Waals surface area contributed by atoms with Crippen LogP contribution in [-0.4, -0.2) is 35.2 Å². The molecule has 0 bridgehead atoms. The van der Waals surface area contributed by atoms with Crippen LogP contribution in [0.4, 0.5) is 17.2 Å². The highest BCUT2D eigenvalue weighted by Gasteiger charge is 2.21. The van der Waals surface area contributed by atoms with Crippen LogP contribution in [0.5, 0.6) is 0 Å². The fourth-order valence-electron chi connectivity index (χ4n) is 4.37. The van der Waals surface area contributed by atoms with Gasteiger partial charge in [-0.2, -0.15) is 10.4 Å². The van der Waals surface area contributed by atoms with E-state index in [0.717, 1.165) is 49.2 Å². The molecule has 1 atom stereocenters. The number of fused-ring (bicyclic) bond motifs is 1. The molecule has 3 heterocycles. The SMILES string of the molecule is N#Cc1c(N[C@H]2CCCNC2)cc(N(C=O)c2ccc(-c3ccccc3)cc2)n2nccc12. The van der Waals surface area contributed by atoms with Crippen molar-refractivity contribution in [2.24, 2.45) is 0 Å². The van der Waals surface area contributed by atoms with Crippen LogP contribution in [0.3, 0.4) is 0 Å². The molecule has 7 heteroatoms. The van der Waals surface area contributed by atoms with Gasteiger partial charge in [0, 0.05) is 18.7 Å². The number of pyridine rings is 1. The molecule has 4 aromatic rings. The molecular weight excluding hydrogens is 412 g/mol. The zero-order valence-electron chi connectivity index (χ0n) is 18.1. The molecule has 33 heavy (non-hydrogen) atoms. The monoisotopic (exact) mass is 436 g/mol. The van der Waals surface area contributed by atoms with Crippen LogP contribution in [0.15, 0.2) is 72.9 Å². The van der Waals surface area contributed by atoms with Gasteiger partial charge in [0.05, 0.1) is 23.1 Å². The first kappa shape index (κ1) is 20.7. The predicted octanol–water partition coefficient (Wildman–Crippen LogP) is 4.33. The molecule has 7 nitrogen and oxygen atoms in total. The molecule has 1 amide bonds. The van der Waals surface area contributed by atoms with Gasteiger partial charge in [-0.05, 0) is 48.7 Å². The van der Waals surface area contributed by atoms with Gasteiger partial charge in [-0.3, -0.25) is 9.69 Å². The van der Waals surface area contributed by atoms with Gasteiger partial charge in [-0.1, -0.05) is 42.5 Å². The van der Waals surface area contributed by atoms with Crippen molar-refractivity contribution in [1.82, 2.24) is 14.9 Å². The zero-order valence-corrected chi connectivity index (χ0v) is 18.1. The lowest BCUT2D eigenvalue weighted by Crippen LogP contribution is -2.38. The van der Waals surface area contributed by atoms with Gasteiger partial charge >= 0.3 is 0 Å². The lowest BCUT2D eigenvalue weighted by Gasteiger charge is -2.27. The van der Waals surface area contributed by atoms with Crippen molar-refractivity contribution in [2.45, 2.75) is 18.9 Å². The first-order valence-electron chi connectivity index (χ1n) is 11.1. The Kier molecular flexibility index (Phi) is 5.75. The van der Waals surface area contributed by atoms with Gasteiger partial charge in [-0.15, -0.1) is 0 Å². The van der Waals surface area contributed by atoms with Crippen molar-refractivity contribution >= 4 is 29.1 Å². The lowest BCUT2D eigenvalue weighted by molar-refractivity contribution is -0.106. The van der Waals surface area contributed by atoms with Gasteiger partial charge < -0.3 is 10.6 Å². The Bertz CT molecular complexity index is 1300. The fourth-order valence-corrected chi connectivity index (χ4v) is 4.37. The number of carbonyl (C=O) groups is 1. The van der Waals surface area contributed by atoms with Gasteiger partial charge in [0.1, 0.15) is 17.5 Å². The highest BCUT2D eigenvalue weighted by atomic mass is 16.1. The normalized spacial score (nSPS) is 15.7. The molecule has 1 saturated heterocycles. The van der Waals surface area contributed by atoms with Crippen molar-refractivity contribution in [2.75, 3.05) is 23.3 Å². The molecule has 1 fully saturated rings. The Morgan fingerprint density at radius 2 is 1.91 bits per heavy atom. The van der Waals surface area contributed by atoms with E-state index in [2.05, 4.69) is 33.9 Å². The van der Waals surface area contributed by atoms with E-state index < -0.39 is 0 Å². The van der Waals surface area contributed by atoms with Gasteiger partial charge in [0.25, 0.3) is 0 Å². The van der Waals surface area contributed by atoms with Crippen molar-refractivity contribution in [3.63, 3.8) is 0 Å². The molecule has 5 rings (SSSR count). The molecule has 2 aromatic heterocycles. The molecule has 1 aliphatic heterocycles. The van der Waals surface area contributed by atoms with E-state index in [9.17, 15) is 10.1 Å². The number of rotatable bonds is 6. The van der Waals surface area contributed by atoms with Crippen LogP contribution in [0, 0.1) is 11.3 Å². The Hall–Kier alpha value is -4.15. The smallest absolute Gasteiger partial charge is 0.219 e. The summed E-state index contributed by atoms with van der Waals surface area (Å²) in [5.41, 5.74) is 4.79. The number of aromatic nitrogens is 2. The highest BCUT2D eigenvalue weighted by molar-refractivity contribution is 5.89. The van der Waals surface area contributed by atoms with Crippen LogP contribution < -0.4 is 15.5 Å². The number of anilines is 3. The maximum Gasteiger partial charge on any atom is 0.219 e. The fraction of sp³-hybridized carbons (Fsp3) is 0.192. The summed E-state index contributed by atoms with van der Waals surface area (Å²) in [6, 6.07) is 24.1. The molecule has 1 aliphatic rings. The van der Waals surface area contributed by atoms with Gasteiger partial charge in [-0.25, -0.2) is 4.52 Å². The second kappa shape index (κ2) is 9.15. The van der Waals surface area contributed by atoms with Crippen molar-refractivity contribution in [3.8, 4) is 17.2 Å². The Balaban J connectivity index is 1.55. The molecule has 164 valence electrons. The Labute approximate surface area is 192 Å². The number of amides is 1. The molecule has 0 unspecified atom stereocenters. The maximum absolute atomic E-state index is 12.3. The zero-order chi connectivity index (χ0) is 22.6. The number of carbonyl (C=O) groups excluding carboxylic acids is 1. The summed E-state index contributed by atoms with van der Waals surface area (Å²) in [7, 11) is 0. The molecule has 0 spiro atoms. The molecule has 0 radical (unpaired) electrons. The number of benzene rings is 2. The number of nitrogens with one attached hydrogen (secondary N) is 2. The van der Waals surface area contributed by atoms with E-state index >= 15 is 0 Å². The summed E-state index contributed by atoms with van der Waals surface area (Å²) in [4.78, 5) is 13.8. The molecule has 0 aliphatic carbocycles. The molecule has 0 saturated carbocycles. The standard InChI is InChI=1S/C26H24N6O/c27-16-23-24(30-21-7-4-13-28-17-21)15-26(32-25(23)12-14-29-32)31(18-33)22-10-8-20(9-11-22)19-5-2-1-3-6-19/h1-3,5-6,8-12,14-15,18,21,28,30H,4,7,13,17H2/t21-/m0/s1. The summed E-state index contributed by atoms with van der Waals surface area (Å²) in [5.74, 6) is 0.572. The number of nitriles is 1. The minimum Gasteiger partial charge on any atom is -0.380 e. The number of piperidine rings is 1. The summed E-state index contributed by atoms with van der Waals surface area (Å²) in [6.07, 6.45) is 4.53. The van der Waals surface area contributed by atoms with Crippen molar-refractivity contribution in [3.05, 3.63) is 78.5 Å². The predicted molar refractivity (Wildman–Crippen MR) is 130 cm³/mol. The highest BCUT2D eigenvalue weighted by Crippen LogP contribution is 2.33. The van der Waals surface area contributed by atoms with Crippen LogP contribution in [-0.2, 0) is 4.79 Å². The summed E-state index contributed by atoms with van der Waals surface area (Å²) in [5, 5.41) is 21.2. The third-order valence-corrected chi connectivity index (χ3v) is 6.03. The van der Waals surface area contributed by atoms with Crippen LogP contribution in [0.1, 0.15) is 18.4 Å². The van der Waals surface area contributed by atoms with Crippen LogP contribution in [0.25, 0.3) is 16.6 Å². The second-order valence-corrected chi connectivity index (χ2v) is 8.11. The first-order valence-corrected chi connectivity index (χ1v) is 11.1. The van der Waals surface area contributed by atoms with E-state index in [4.69, 9.17) is 0 Å². The molecule has 2 N–H and O–H groups in total. The summed E-state index contributed by atoms with van der Waals surface area (Å²) in [6.45, 7) is 1.84. The Morgan fingerprint density at radius 1 is 1.12 bits per heavy atom. The van der Waals surface area contributed by atoms with Crippen molar-refractivity contribution < 1.29 is 4.79 Å². The summed E-state index contributed by atoms with van der Waals surface area (Å²) >= 11 is 0. The average Bonchev–Trinajstić information content (AvgIpc) is 3.36. The molecule has 2 aromatic carbocycles. The number of hydrogen-bond acceptors (Lipinski definition) is 5. The number of nitrogens with zero attached hydrogens (tertiary/aromatic N) is 4. The number of hydrogen-bond donors (Lipinski definition) is 2. The van der Waals surface area contributed by atoms with Gasteiger partial charge in [0.2, 0.25) is 6.41 Å². The van der Waals surface area contributed by atoms with E-state index in [-0.39, 0.29) is 6.04 Å². The third kappa shape index (κ3) is 4.04. The third-order valence-electron chi connectivity index (χ3n) is 6.03. The van der Waals surface area contributed by atoms with E-state index in [0.29, 0.717) is 22.6 Å². The van der Waals surface area contributed by atoms with Crippen LogP contribution >= 0.6 is 0 Å². The van der Waals surface area contributed by atoms with E-state index in [1.165, 1.54) is 0 Å². The Morgan fingerprint density at radius 3 is 2.61 bits per heavy atom. The quantitative estimate of drug-likeness (QED) is 0.440. The second-order valence-electron chi connectivity index (χ2n) is 8.11. The maximum atomic E-state index is 12.3. The van der Waals surface area contributed by atoms with E-state index in [1.54, 1.807) is 21.7 Å². The van der Waals surface area contributed by atoms with Crippen molar-refractivity contribution in [1.29, 1.82) is 5.26 Å². The average molecular weight is 437 g/mol. The van der Waals surface area contributed by atoms with E-state index in [1.807, 2.05) is 48.5 Å². The lowest BCUT2D eigenvalue weighted by atomic mass is 10.1. The minimum atomic E-state index is 0.221. The van der Waals surface area contributed by atoms with Gasteiger partial charge in [0.15, 0.2) is 0 Å². The molecular formula is C26H24N6O. The largest absolute Gasteiger partial charge is 0.380 e.